The van der Waals surface area contributed by atoms with Crippen LogP contribution in [0.15, 0.2) is 18.2 Å². The van der Waals surface area contributed by atoms with Crippen LogP contribution in [0.5, 0.6) is 0 Å². The number of carbonyl (C=O) groups is 1. The Kier molecular flexibility index (Phi) is 3.38. The second kappa shape index (κ2) is 4.79. The average molecular weight is 250 g/mol. The van der Waals surface area contributed by atoms with Crippen molar-refractivity contribution in [1.29, 1.82) is 0 Å². The van der Waals surface area contributed by atoms with Crippen molar-refractivity contribution in [2.45, 2.75) is 12.7 Å². The summed E-state index contributed by atoms with van der Waals surface area (Å²) in [5, 5.41) is 8.59. The van der Waals surface area contributed by atoms with Crippen LogP contribution in [0, 0.1) is 6.92 Å². The van der Waals surface area contributed by atoms with E-state index in [0.29, 0.717) is 5.75 Å². The molecule has 0 bridgehead atoms. The highest BCUT2D eigenvalue weighted by Gasteiger charge is 2.08. The molecule has 0 spiro atoms. The number of carboxylic acids is 1. The maximum Gasteiger partial charge on any atom is 0.313 e. The van der Waals surface area contributed by atoms with Gasteiger partial charge in [-0.05, 0) is 24.6 Å². The molecule has 0 aliphatic carbocycles. The Bertz CT molecular complexity index is 563. The molecule has 1 aromatic heterocycles. The summed E-state index contributed by atoms with van der Waals surface area (Å²) in [4.78, 5) is 15.0. The number of aliphatic carboxylic acids is 1. The highest BCUT2D eigenvalue weighted by molar-refractivity contribution is 7.99. The van der Waals surface area contributed by atoms with Gasteiger partial charge in [-0.3, -0.25) is 4.79 Å². The number of rotatable bonds is 4. The number of carboxylic acid groups (broad SMARTS) is 1. The summed E-state index contributed by atoms with van der Waals surface area (Å²) in [6, 6.07) is 6.14. The van der Waals surface area contributed by atoms with Crippen LogP contribution in [0.25, 0.3) is 11.0 Å². The Morgan fingerprint density at radius 1 is 1.53 bits per heavy atom. The molecule has 0 aliphatic heterocycles. The van der Waals surface area contributed by atoms with E-state index in [0.717, 1.165) is 16.9 Å². The van der Waals surface area contributed by atoms with Crippen molar-refractivity contribution in [3.63, 3.8) is 0 Å². The van der Waals surface area contributed by atoms with Crippen molar-refractivity contribution >= 4 is 28.8 Å². The van der Waals surface area contributed by atoms with Crippen molar-refractivity contribution < 1.29 is 9.90 Å². The first kappa shape index (κ1) is 12.0. The van der Waals surface area contributed by atoms with Crippen molar-refractivity contribution in [3.8, 4) is 0 Å². The van der Waals surface area contributed by atoms with E-state index in [4.69, 9.17) is 5.11 Å². The number of aryl methyl sites for hydroxylation is 2. The molecule has 1 N–H and O–H groups in total. The molecule has 2 aromatic rings. The SMILES string of the molecule is Cc1ccc2c(c1)nc(CSCC(=O)O)n2C. The molecule has 0 aliphatic rings. The van der Waals surface area contributed by atoms with Gasteiger partial charge >= 0.3 is 5.97 Å². The van der Waals surface area contributed by atoms with Gasteiger partial charge in [0.05, 0.1) is 22.5 Å². The molecule has 0 saturated heterocycles. The van der Waals surface area contributed by atoms with Gasteiger partial charge in [0, 0.05) is 7.05 Å². The molecule has 1 heterocycles. The molecule has 4 nitrogen and oxygen atoms in total. The third-order valence-electron chi connectivity index (χ3n) is 2.59. The number of fused-ring (bicyclic) bond motifs is 1. The zero-order valence-electron chi connectivity index (χ0n) is 9.80. The van der Waals surface area contributed by atoms with Crippen LogP contribution in [-0.2, 0) is 17.6 Å². The van der Waals surface area contributed by atoms with Crippen molar-refractivity contribution in [2.24, 2.45) is 7.05 Å². The Morgan fingerprint density at radius 2 is 2.29 bits per heavy atom. The van der Waals surface area contributed by atoms with Gasteiger partial charge in [0.1, 0.15) is 5.82 Å². The Hall–Kier alpha value is -1.49. The fourth-order valence-electron chi connectivity index (χ4n) is 1.72. The molecule has 0 radical (unpaired) electrons. The number of aromatic nitrogens is 2. The third-order valence-corrected chi connectivity index (χ3v) is 3.50. The first-order valence-electron chi connectivity index (χ1n) is 5.29. The summed E-state index contributed by atoms with van der Waals surface area (Å²) < 4.78 is 2.02. The zero-order valence-corrected chi connectivity index (χ0v) is 10.6. The average Bonchev–Trinajstić information content (AvgIpc) is 2.55. The van der Waals surface area contributed by atoms with E-state index in [1.165, 1.54) is 17.3 Å². The van der Waals surface area contributed by atoms with Gasteiger partial charge in [-0.1, -0.05) is 6.07 Å². The van der Waals surface area contributed by atoms with Gasteiger partial charge in [-0.15, -0.1) is 11.8 Å². The maximum absolute atomic E-state index is 10.4. The largest absolute Gasteiger partial charge is 0.481 e. The molecule has 2 rings (SSSR count). The Balaban J connectivity index is 2.23. The van der Waals surface area contributed by atoms with E-state index in [-0.39, 0.29) is 5.75 Å². The molecule has 0 amide bonds. The molecule has 0 unspecified atom stereocenters. The number of nitrogens with zero attached hydrogens (tertiary/aromatic N) is 2. The lowest BCUT2D eigenvalue weighted by atomic mass is 10.2. The Morgan fingerprint density at radius 3 is 3.00 bits per heavy atom. The van der Waals surface area contributed by atoms with Crippen LogP contribution < -0.4 is 0 Å². The normalized spacial score (nSPS) is 10.9. The summed E-state index contributed by atoms with van der Waals surface area (Å²) in [6.07, 6.45) is 0. The summed E-state index contributed by atoms with van der Waals surface area (Å²) in [7, 11) is 1.96. The van der Waals surface area contributed by atoms with E-state index < -0.39 is 5.97 Å². The highest BCUT2D eigenvalue weighted by Crippen LogP contribution is 2.19. The predicted octanol–water partition coefficient (Wildman–Crippen LogP) is 2.20. The van der Waals surface area contributed by atoms with Gasteiger partial charge < -0.3 is 9.67 Å². The third kappa shape index (κ3) is 2.61. The van der Waals surface area contributed by atoms with Gasteiger partial charge in [0.15, 0.2) is 0 Å². The lowest BCUT2D eigenvalue weighted by molar-refractivity contribution is -0.133. The zero-order chi connectivity index (χ0) is 12.4. The fraction of sp³-hybridized carbons (Fsp3) is 0.333. The number of hydrogen-bond acceptors (Lipinski definition) is 3. The van der Waals surface area contributed by atoms with E-state index in [1.807, 2.05) is 30.7 Å². The van der Waals surface area contributed by atoms with Gasteiger partial charge in [0.2, 0.25) is 0 Å². The van der Waals surface area contributed by atoms with Crippen molar-refractivity contribution in [1.82, 2.24) is 9.55 Å². The second-order valence-electron chi connectivity index (χ2n) is 3.97. The lowest BCUT2D eigenvalue weighted by Crippen LogP contribution is -2.01. The molecule has 5 heteroatoms. The lowest BCUT2D eigenvalue weighted by Gasteiger charge is -2.00. The van der Waals surface area contributed by atoms with Crippen LogP contribution in [0.3, 0.4) is 0 Å². The second-order valence-corrected chi connectivity index (χ2v) is 4.95. The van der Waals surface area contributed by atoms with Gasteiger partial charge in [-0.25, -0.2) is 4.98 Å². The highest BCUT2D eigenvalue weighted by atomic mass is 32.2. The summed E-state index contributed by atoms with van der Waals surface area (Å²) in [5.74, 6) is 0.861. The van der Waals surface area contributed by atoms with E-state index in [2.05, 4.69) is 11.1 Å². The summed E-state index contributed by atoms with van der Waals surface area (Å²) in [5.41, 5.74) is 3.24. The van der Waals surface area contributed by atoms with Crippen LogP contribution in [0.4, 0.5) is 0 Å². The fourth-order valence-corrected chi connectivity index (χ4v) is 2.44. The topological polar surface area (TPSA) is 55.1 Å². The number of hydrogen-bond donors (Lipinski definition) is 1. The minimum atomic E-state index is -0.787. The van der Waals surface area contributed by atoms with Crippen LogP contribution >= 0.6 is 11.8 Å². The smallest absolute Gasteiger partial charge is 0.313 e. The van der Waals surface area contributed by atoms with Crippen molar-refractivity contribution in [3.05, 3.63) is 29.6 Å². The minimum absolute atomic E-state index is 0.113. The molecular weight excluding hydrogens is 236 g/mol. The molecule has 0 atom stereocenters. The maximum atomic E-state index is 10.4. The van der Waals surface area contributed by atoms with Crippen LogP contribution in [0.1, 0.15) is 11.4 Å². The van der Waals surface area contributed by atoms with Crippen LogP contribution in [0.2, 0.25) is 0 Å². The minimum Gasteiger partial charge on any atom is -0.481 e. The Labute approximate surface area is 104 Å². The monoisotopic (exact) mass is 250 g/mol. The molecule has 90 valence electrons. The van der Waals surface area contributed by atoms with Crippen molar-refractivity contribution in [2.75, 3.05) is 5.75 Å². The first-order chi connectivity index (χ1) is 8.08. The van der Waals surface area contributed by atoms with Gasteiger partial charge in [0.25, 0.3) is 0 Å². The van der Waals surface area contributed by atoms with Gasteiger partial charge in [-0.2, -0.15) is 0 Å². The quantitative estimate of drug-likeness (QED) is 0.903. The molecule has 0 saturated carbocycles. The predicted molar refractivity (Wildman–Crippen MR) is 69.2 cm³/mol. The molecular formula is C12H14N2O2S. The standard InChI is InChI=1S/C12H14N2O2S/c1-8-3-4-10-9(5-8)13-11(14(10)2)6-17-7-12(15)16/h3-5H,6-7H2,1-2H3,(H,15,16). The van der Waals surface area contributed by atoms with E-state index in [9.17, 15) is 4.79 Å². The van der Waals surface area contributed by atoms with Crippen LogP contribution in [-0.4, -0.2) is 26.4 Å². The first-order valence-corrected chi connectivity index (χ1v) is 6.45. The van der Waals surface area contributed by atoms with E-state index >= 15 is 0 Å². The van der Waals surface area contributed by atoms with E-state index in [1.54, 1.807) is 0 Å². The summed E-state index contributed by atoms with van der Waals surface area (Å²) >= 11 is 1.37. The number of benzene rings is 1. The molecule has 0 fully saturated rings. The number of imidazole rings is 1. The number of thioether (sulfide) groups is 1. The summed E-state index contributed by atoms with van der Waals surface area (Å²) in [6.45, 7) is 2.03. The molecule has 1 aromatic carbocycles. The molecule has 17 heavy (non-hydrogen) atoms.